The third-order valence-corrected chi connectivity index (χ3v) is 5.34. The summed E-state index contributed by atoms with van der Waals surface area (Å²) in [5.41, 5.74) is 4.03. The van der Waals surface area contributed by atoms with Gasteiger partial charge in [-0.1, -0.05) is 39.7 Å². The second-order valence-electron chi connectivity index (χ2n) is 7.00. The van der Waals surface area contributed by atoms with Crippen LogP contribution >= 0.6 is 27.5 Å². The van der Waals surface area contributed by atoms with Gasteiger partial charge in [-0.2, -0.15) is 5.10 Å². The summed E-state index contributed by atoms with van der Waals surface area (Å²) < 4.78 is 25.6. The van der Waals surface area contributed by atoms with Crippen molar-refractivity contribution < 1.29 is 23.5 Å². The average Bonchev–Trinajstić information content (AvgIpc) is 2.83. The van der Waals surface area contributed by atoms with Crippen LogP contribution in [0.1, 0.15) is 18.1 Å². The molecule has 0 aliphatic carbocycles. The predicted molar refractivity (Wildman–Crippen MR) is 132 cm³/mol. The molecule has 0 aliphatic heterocycles. The molecule has 7 nitrogen and oxygen atoms in total. The summed E-state index contributed by atoms with van der Waals surface area (Å²) in [5, 5.41) is 6.79. The van der Waals surface area contributed by atoms with E-state index in [1.807, 2.05) is 12.1 Å². The van der Waals surface area contributed by atoms with Gasteiger partial charge in [0.15, 0.2) is 11.5 Å². The van der Waals surface area contributed by atoms with E-state index in [0.717, 1.165) is 5.56 Å². The van der Waals surface area contributed by atoms with Gasteiger partial charge in [0.2, 0.25) is 0 Å². The van der Waals surface area contributed by atoms with Crippen LogP contribution in [0.3, 0.4) is 0 Å². The molecule has 0 aliphatic rings. The number of carbonyl (C=O) groups is 2. The smallest absolute Gasteiger partial charge is 0.329 e. The molecule has 0 bridgehead atoms. The first-order chi connectivity index (χ1) is 16.3. The molecule has 2 amide bonds. The molecule has 0 aromatic heterocycles. The highest BCUT2D eigenvalue weighted by atomic mass is 79.9. The number of hydrogen-bond donors (Lipinski definition) is 2. The van der Waals surface area contributed by atoms with Crippen molar-refractivity contribution in [2.45, 2.75) is 13.5 Å². The maximum absolute atomic E-state index is 13.8. The maximum Gasteiger partial charge on any atom is 0.329 e. The third kappa shape index (κ3) is 6.79. The number of anilines is 1. The number of nitrogens with one attached hydrogen (secondary N) is 2. The number of methoxy groups -OCH3 is 1. The zero-order valence-corrected chi connectivity index (χ0v) is 20.5. The van der Waals surface area contributed by atoms with Gasteiger partial charge in [0.05, 0.1) is 18.5 Å². The van der Waals surface area contributed by atoms with E-state index < -0.39 is 17.6 Å². The van der Waals surface area contributed by atoms with Crippen molar-refractivity contribution in [2.75, 3.05) is 12.4 Å². The quantitative estimate of drug-likeness (QED) is 0.238. The summed E-state index contributed by atoms with van der Waals surface area (Å²) in [5.74, 6) is -1.79. The molecule has 0 fully saturated rings. The number of ether oxygens (including phenoxy) is 2. The number of nitrogens with zero attached hydrogens (tertiary/aromatic N) is 1. The van der Waals surface area contributed by atoms with Crippen molar-refractivity contribution in [3.8, 4) is 11.5 Å². The fourth-order valence-corrected chi connectivity index (χ4v) is 3.23. The Morgan fingerprint density at radius 2 is 1.76 bits per heavy atom. The van der Waals surface area contributed by atoms with E-state index in [9.17, 15) is 14.0 Å². The Bertz CT molecular complexity index is 1240. The number of benzene rings is 3. The van der Waals surface area contributed by atoms with Crippen LogP contribution in [0, 0.1) is 5.82 Å². The zero-order chi connectivity index (χ0) is 24.7. The van der Waals surface area contributed by atoms with Gasteiger partial charge in [-0.05, 0) is 61.0 Å². The normalized spacial score (nSPS) is 11.0. The van der Waals surface area contributed by atoms with Gasteiger partial charge in [-0.25, -0.2) is 9.82 Å². The van der Waals surface area contributed by atoms with Gasteiger partial charge < -0.3 is 14.8 Å². The summed E-state index contributed by atoms with van der Waals surface area (Å²) in [6.45, 7) is 1.97. The van der Waals surface area contributed by atoms with E-state index in [2.05, 4.69) is 31.8 Å². The highest BCUT2D eigenvalue weighted by Crippen LogP contribution is 2.29. The van der Waals surface area contributed by atoms with Crippen LogP contribution in [0.15, 0.2) is 70.2 Å². The van der Waals surface area contributed by atoms with Gasteiger partial charge in [0, 0.05) is 15.1 Å². The Kier molecular flexibility index (Phi) is 8.61. The molecule has 3 rings (SSSR count). The summed E-state index contributed by atoms with van der Waals surface area (Å²) in [7, 11) is 1.51. The van der Waals surface area contributed by atoms with Gasteiger partial charge in [-0.3, -0.25) is 9.59 Å². The molecule has 0 saturated heterocycles. The second kappa shape index (κ2) is 11.6. The Labute approximate surface area is 209 Å². The molecular weight excluding hydrogens is 529 g/mol. The Hall–Kier alpha value is -3.43. The molecule has 10 heteroatoms. The van der Waals surface area contributed by atoms with E-state index in [4.69, 9.17) is 21.1 Å². The molecule has 0 unspecified atom stereocenters. The van der Waals surface area contributed by atoms with Crippen LogP contribution in [-0.2, 0) is 16.2 Å². The standard InChI is InChI=1S/C24H20BrClFN3O4/c1-14(29-30-24(32)23(31)28-20-9-6-17(25)12-19(20)27)16-5-10-21(22(11-16)33-2)34-13-15-3-7-18(26)8-4-15/h3-12H,13H2,1-2H3,(H,28,31)(H,30,32)/b29-14+. The van der Waals surface area contributed by atoms with E-state index >= 15 is 0 Å². The summed E-state index contributed by atoms with van der Waals surface area (Å²) in [6, 6.07) is 16.5. The average molecular weight is 549 g/mol. The number of halogens is 3. The lowest BCUT2D eigenvalue weighted by Crippen LogP contribution is -2.33. The topological polar surface area (TPSA) is 89.0 Å². The molecule has 3 aromatic rings. The number of rotatable bonds is 7. The van der Waals surface area contributed by atoms with Crippen LogP contribution in [0.4, 0.5) is 10.1 Å². The number of hydrazone groups is 1. The molecule has 0 radical (unpaired) electrons. The van der Waals surface area contributed by atoms with Gasteiger partial charge in [0.25, 0.3) is 0 Å². The SMILES string of the molecule is COc1cc(/C(C)=N/NC(=O)C(=O)Nc2ccc(Br)cc2F)ccc1OCc1ccc(Cl)cc1. The fourth-order valence-electron chi connectivity index (χ4n) is 2.77. The first-order valence-corrected chi connectivity index (χ1v) is 11.1. The largest absolute Gasteiger partial charge is 0.493 e. The van der Waals surface area contributed by atoms with Crippen LogP contribution < -0.4 is 20.2 Å². The number of hydrogen-bond acceptors (Lipinski definition) is 5. The fraction of sp³-hybridized carbons (Fsp3) is 0.125. The molecule has 0 spiro atoms. The maximum atomic E-state index is 13.8. The molecule has 34 heavy (non-hydrogen) atoms. The van der Waals surface area contributed by atoms with Crippen molar-refractivity contribution >= 4 is 50.7 Å². The Morgan fingerprint density at radius 1 is 1.03 bits per heavy atom. The summed E-state index contributed by atoms with van der Waals surface area (Å²) >= 11 is 9.02. The predicted octanol–water partition coefficient (Wildman–Crippen LogP) is 5.31. The van der Waals surface area contributed by atoms with Crippen molar-refractivity contribution in [3.63, 3.8) is 0 Å². The van der Waals surface area contributed by atoms with E-state index in [1.165, 1.54) is 25.3 Å². The van der Waals surface area contributed by atoms with Gasteiger partial charge in [-0.15, -0.1) is 0 Å². The molecular formula is C24H20BrClFN3O4. The van der Waals surface area contributed by atoms with Crippen LogP contribution in [0.5, 0.6) is 11.5 Å². The molecule has 0 atom stereocenters. The van der Waals surface area contributed by atoms with E-state index in [-0.39, 0.29) is 5.69 Å². The van der Waals surface area contributed by atoms with Crippen molar-refractivity contribution in [3.05, 3.63) is 87.1 Å². The van der Waals surface area contributed by atoms with Crippen LogP contribution in [0.2, 0.25) is 5.02 Å². The first-order valence-electron chi connectivity index (χ1n) is 9.93. The minimum atomic E-state index is -1.05. The molecule has 2 N–H and O–H groups in total. The third-order valence-electron chi connectivity index (χ3n) is 4.60. The van der Waals surface area contributed by atoms with Crippen molar-refractivity contribution in [1.82, 2.24) is 5.43 Å². The van der Waals surface area contributed by atoms with E-state index in [0.29, 0.717) is 38.9 Å². The Morgan fingerprint density at radius 3 is 2.44 bits per heavy atom. The highest BCUT2D eigenvalue weighted by Gasteiger charge is 2.16. The summed E-state index contributed by atoms with van der Waals surface area (Å²) in [4.78, 5) is 24.1. The summed E-state index contributed by atoms with van der Waals surface area (Å²) in [6.07, 6.45) is 0. The number of carbonyl (C=O) groups excluding carboxylic acids is 2. The first kappa shape index (κ1) is 25.2. The van der Waals surface area contributed by atoms with Gasteiger partial charge >= 0.3 is 11.8 Å². The second-order valence-corrected chi connectivity index (χ2v) is 8.35. The zero-order valence-electron chi connectivity index (χ0n) is 18.2. The van der Waals surface area contributed by atoms with Crippen LogP contribution in [0.25, 0.3) is 0 Å². The minimum Gasteiger partial charge on any atom is -0.493 e. The van der Waals surface area contributed by atoms with Crippen LogP contribution in [-0.4, -0.2) is 24.6 Å². The van der Waals surface area contributed by atoms with Crippen molar-refractivity contribution in [2.24, 2.45) is 5.10 Å². The lowest BCUT2D eigenvalue weighted by Gasteiger charge is -2.12. The lowest BCUT2D eigenvalue weighted by molar-refractivity contribution is -0.136. The molecule has 0 heterocycles. The number of amides is 2. The lowest BCUT2D eigenvalue weighted by atomic mass is 10.1. The minimum absolute atomic E-state index is 0.122. The van der Waals surface area contributed by atoms with Gasteiger partial charge in [0.1, 0.15) is 12.4 Å². The highest BCUT2D eigenvalue weighted by molar-refractivity contribution is 9.10. The van der Waals surface area contributed by atoms with E-state index in [1.54, 1.807) is 37.3 Å². The molecule has 3 aromatic carbocycles. The monoisotopic (exact) mass is 547 g/mol. The molecule has 176 valence electrons. The molecule has 0 saturated carbocycles. The van der Waals surface area contributed by atoms with Crippen molar-refractivity contribution in [1.29, 1.82) is 0 Å². The Balaban J connectivity index is 1.62.